The van der Waals surface area contributed by atoms with Crippen molar-refractivity contribution in [3.05, 3.63) is 71.8 Å². The molecule has 0 radical (unpaired) electrons. The molecule has 5 rings (SSSR count). The zero-order valence-corrected chi connectivity index (χ0v) is 10.5. The Labute approximate surface area is 111 Å². The van der Waals surface area contributed by atoms with Crippen molar-refractivity contribution in [2.24, 2.45) is 0 Å². The average Bonchev–Trinajstić information content (AvgIpc) is 3.26. The van der Waals surface area contributed by atoms with E-state index in [1.165, 1.54) is 44.3 Å². The van der Waals surface area contributed by atoms with E-state index in [2.05, 4.69) is 60.7 Å². The monoisotopic (exact) mass is 240 g/mol. The van der Waals surface area contributed by atoms with E-state index in [1.54, 1.807) is 5.56 Å². The molecule has 19 heavy (non-hydrogen) atoms. The lowest BCUT2D eigenvalue weighted by molar-refractivity contribution is 1.62. The van der Waals surface area contributed by atoms with Crippen LogP contribution in [0.3, 0.4) is 0 Å². The molecule has 0 atom stereocenters. The molecule has 0 saturated carbocycles. The molecule has 0 unspecified atom stereocenters. The Hall–Kier alpha value is -2.34. The van der Waals surface area contributed by atoms with Crippen molar-refractivity contribution >= 4 is 32.3 Å². The molecular formula is C19H12. The topological polar surface area (TPSA) is 0 Å². The van der Waals surface area contributed by atoms with Gasteiger partial charge < -0.3 is 0 Å². The maximum absolute atomic E-state index is 2.30. The third-order valence-corrected chi connectivity index (χ3v) is 4.36. The molecule has 0 amide bonds. The lowest BCUT2D eigenvalue weighted by Gasteiger charge is -2.09. The number of fused-ring (bicyclic) bond motifs is 8. The lowest BCUT2D eigenvalue weighted by Crippen LogP contribution is -1.82. The van der Waals surface area contributed by atoms with Crippen molar-refractivity contribution in [2.75, 3.05) is 0 Å². The van der Waals surface area contributed by atoms with Crippen LogP contribution in [0.2, 0.25) is 0 Å². The van der Waals surface area contributed by atoms with Crippen LogP contribution in [-0.2, 0) is 6.42 Å². The summed E-state index contributed by atoms with van der Waals surface area (Å²) in [6, 6.07) is 22.2. The average molecular weight is 240 g/mol. The van der Waals surface area contributed by atoms with Gasteiger partial charge in [0.05, 0.1) is 0 Å². The zero-order valence-electron chi connectivity index (χ0n) is 10.5. The minimum atomic E-state index is 1.17. The molecule has 4 aromatic rings. The predicted octanol–water partition coefficient (Wildman–Crippen LogP) is 5.05. The molecule has 1 aliphatic carbocycles. The second-order valence-electron chi connectivity index (χ2n) is 5.39. The standard InChI is InChI=1S/C19H12/c1-2-7-15-13(5-1)14-6-3-4-8-16(14)19-17(15)10-9-12-11-18(12)19/h1-10H,11H2. The molecule has 0 saturated heterocycles. The number of hydrogen-bond acceptors (Lipinski definition) is 0. The van der Waals surface area contributed by atoms with Gasteiger partial charge in [-0.3, -0.25) is 0 Å². The van der Waals surface area contributed by atoms with Crippen LogP contribution in [-0.4, -0.2) is 0 Å². The molecule has 0 nitrogen and oxygen atoms in total. The van der Waals surface area contributed by atoms with E-state index in [1.807, 2.05) is 0 Å². The van der Waals surface area contributed by atoms with Crippen LogP contribution in [0.5, 0.6) is 0 Å². The summed E-state index contributed by atoms with van der Waals surface area (Å²) in [6.45, 7) is 0. The van der Waals surface area contributed by atoms with Gasteiger partial charge in [-0.05, 0) is 49.9 Å². The first-order valence-corrected chi connectivity index (χ1v) is 6.77. The predicted molar refractivity (Wildman–Crippen MR) is 81.8 cm³/mol. The Balaban J connectivity index is 2.24. The third-order valence-electron chi connectivity index (χ3n) is 4.36. The Kier molecular flexibility index (Phi) is 1.59. The van der Waals surface area contributed by atoms with Gasteiger partial charge in [0.25, 0.3) is 0 Å². The van der Waals surface area contributed by atoms with Crippen LogP contribution in [0.25, 0.3) is 32.3 Å². The summed E-state index contributed by atoms with van der Waals surface area (Å²) < 4.78 is 0. The highest BCUT2D eigenvalue weighted by molar-refractivity contribution is 6.26. The highest BCUT2D eigenvalue weighted by Gasteiger charge is 2.22. The van der Waals surface area contributed by atoms with Gasteiger partial charge in [-0.2, -0.15) is 0 Å². The van der Waals surface area contributed by atoms with Gasteiger partial charge >= 0.3 is 0 Å². The third kappa shape index (κ3) is 1.14. The SMILES string of the molecule is c1ccc2c(c1)c1ccccc1c1c3c(ccc21)C3. The van der Waals surface area contributed by atoms with Gasteiger partial charge in [-0.25, -0.2) is 0 Å². The summed E-state index contributed by atoms with van der Waals surface area (Å²) in [4.78, 5) is 0. The number of benzene rings is 4. The van der Waals surface area contributed by atoms with E-state index in [0.29, 0.717) is 0 Å². The van der Waals surface area contributed by atoms with Crippen LogP contribution in [0, 0.1) is 0 Å². The van der Waals surface area contributed by atoms with Crippen LogP contribution < -0.4 is 0 Å². The van der Waals surface area contributed by atoms with Gasteiger partial charge in [0.2, 0.25) is 0 Å². The minimum absolute atomic E-state index is 1.17. The van der Waals surface area contributed by atoms with Crippen molar-refractivity contribution in [3.63, 3.8) is 0 Å². The Morgan fingerprint density at radius 3 is 1.74 bits per heavy atom. The summed E-state index contributed by atoms with van der Waals surface area (Å²) >= 11 is 0. The molecular weight excluding hydrogens is 228 g/mol. The quantitative estimate of drug-likeness (QED) is 0.332. The minimum Gasteiger partial charge on any atom is -0.0616 e. The molecule has 0 N–H and O–H groups in total. The Morgan fingerprint density at radius 1 is 0.526 bits per heavy atom. The van der Waals surface area contributed by atoms with E-state index in [0.717, 1.165) is 0 Å². The Morgan fingerprint density at radius 2 is 1.05 bits per heavy atom. The molecule has 0 heterocycles. The normalized spacial score (nSPS) is 13.1. The number of hydrogen-bond donors (Lipinski definition) is 0. The van der Waals surface area contributed by atoms with E-state index in [4.69, 9.17) is 0 Å². The molecule has 88 valence electrons. The maximum atomic E-state index is 2.30. The van der Waals surface area contributed by atoms with Crippen LogP contribution in [0.15, 0.2) is 60.7 Å². The smallest absolute Gasteiger partial charge is 0.00135 e. The van der Waals surface area contributed by atoms with E-state index < -0.39 is 0 Å². The summed E-state index contributed by atoms with van der Waals surface area (Å²) in [5, 5.41) is 8.42. The summed E-state index contributed by atoms with van der Waals surface area (Å²) in [5.41, 5.74) is 3.08. The summed E-state index contributed by atoms with van der Waals surface area (Å²) in [6.07, 6.45) is 1.17. The first kappa shape index (κ1) is 9.57. The fraction of sp³-hybridized carbons (Fsp3) is 0.0526. The zero-order chi connectivity index (χ0) is 12.4. The molecule has 0 aliphatic heterocycles. The maximum Gasteiger partial charge on any atom is -0.00135 e. The Bertz CT molecular complexity index is 942. The van der Waals surface area contributed by atoms with E-state index in [9.17, 15) is 0 Å². The van der Waals surface area contributed by atoms with Crippen LogP contribution in [0.1, 0.15) is 11.1 Å². The highest BCUT2D eigenvalue weighted by Crippen LogP contribution is 2.43. The largest absolute Gasteiger partial charge is 0.0616 e. The van der Waals surface area contributed by atoms with E-state index in [-0.39, 0.29) is 0 Å². The second kappa shape index (κ2) is 3.16. The van der Waals surface area contributed by atoms with Crippen molar-refractivity contribution in [1.29, 1.82) is 0 Å². The van der Waals surface area contributed by atoms with Crippen molar-refractivity contribution in [1.82, 2.24) is 0 Å². The fourth-order valence-electron chi connectivity index (χ4n) is 3.41. The van der Waals surface area contributed by atoms with Crippen molar-refractivity contribution in [2.45, 2.75) is 6.42 Å². The molecule has 0 fully saturated rings. The summed E-state index contributed by atoms with van der Waals surface area (Å²) in [7, 11) is 0. The molecule has 4 aromatic carbocycles. The van der Waals surface area contributed by atoms with Gasteiger partial charge in [0.15, 0.2) is 0 Å². The van der Waals surface area contributed by atoms with Gasteiger partial charge in [-0.15, -0.1) is 0 Å². The molecule has 0 heteroatoms. The molecule has 1 aliphatic rings. The van der Waals surface area contributed by atoms with Gasteiger partial charge in [-0.1, -0.05) is 60.7 Å². The molecule has 0 aromatic heterocycles. The van der Waals surface area contributed by atoms with Gasteiger partial charge in [0, 0.05) is 0 Å². The second-order valence-corrected chi connectivity index (χ2v) is 5.39. The molecule has 0 spiro atoms. The van der Waals surface area contributed by atoms with Crippen molar-refractivity contribution in [3.8, 4) is 0 Å². The van der Waals surface area contributed by atoms with Crippen molar-refractivity contribution < 1.29 is 0 Å². The van der Waals surface area contributed by atoms with Gasteiger partial charge in [0.1, 0.15) is 0 Å². The summed E-state index contributed by atoms with van der Waals surface area (Å²) in [5.74, 6) is 0. The fourth-order valence-corrected chi connectivity index (χ4v) is 3.41. The molecule has 0 bridgehead atoms. The lowest BCUT2D eigenvalue weighted by atomic mass is 9.94. The first-order valence-electron chi connectivity index (χ1n) is 6.77. The number of rotatable bonds is 0. The van der Waals surface area contributed by atoms with Crippen LogP contribution >= 0.6 is 0 Å². The van der Waals surface area contributed by atoms with Crippen LogP contribution in [0.4, 0.5) is 0 Å². The highest BCUT2D eigenvalue weighted by atomic mass is 14.3. The van der Waals surface area contributed by atoms with E-state index >= 15 is 0 Å². The first-order chi connectivity index (χ1) is 9.43.